The van der Waals surface area contributed by atoms with Crippen LogP contribution in [-0.4, -0.2) is 20.6 Å². The smallest absolute Gasteiger partial charge is 0.352 e. The lowest BCUT2D eigenvalue weighted by Gasteiger charge is -2.23. The largest absolute Gasteiger partial charge is 0.477 e. The van der Waals surface area contributed by atoms with E-state index in [9.17, 15) is 9.59 Å². The van der Waals surface area contributed by atoms with Gasteiger partial charge in [-0.3, -0.25) is 4.57 Å². The average molecular weight is 196 g/mol. The van der Waals surface area contributed by atoms with E-state index in [1.165, 1.54) is 12.3 Å². The van der Waals surface area contributed by atoms with Crippen LogP contribution in [0, 0.1) is 0 Å². The highest BCUT2D eigenvalue weighted by Gasteiger charge is 2.21. The lowest BCUT2D eigenvalue weighted by Crippen LogP contribution is -2.38. The Hall–Kier alpha value is -1.65. The van der Waals surface area contributed by atoms with Crippen molar-refractivity contribution in [1.29, 1.82) is 0 Å². The first-order valence-electron chi connectivity index (χ1n) is 4.16. The first kappa shape index (κ1) is 10.4. The normalized spacial score (nSPS) is 11.4. The minimum atomic E-state index is -1.13. The van der Waals surface area contributed by atoms with Gasteiger partial charge in [-0.1, -0.05) is 0 Å². The van der Waals surface area contributed by atoms with Gasteiger partial charge in [-0.2, -0.15) is 0 Å². The molecule has 1 rings (SSSR count). The minimum Gasteiger partial charge on any atom is -0.477 e. The number of aromatic carboxylic acids is 1. The van der Waals surface area contributed by atoms with Crippen molar-refractivity contribution in [3.8, 4) is 0 Å². The van der Waals surface area contributed by atoms with Gasteiger partial charge >= 0.3 is 11.7 Å². The van der Waals surface area contributed by atoms with Crippen LogP contribution in [0.2, 0.25) is 0 Å². The molecule has 76 valence electrons. The lowest BCUT2D eigenvalue weighted by molar-refractivity contribution is 0.0675. The molecule has 0 aliphatic heterocycles. The van der Waals surface area contributed by atoms with Crippen LogP contribution in [0.25, 0.3) is 0 Å². The molecule has 1 heterocycles. The fourth-order valence-corrected chi connectivity index (χ4v) is 1.22. The van der Waals surface area contributed by atoms with Crippen LogP contribution in [0.1, 0.15) is 31.3 Å². The fraction of sp³-hybridized carbons (Fsp3) is 0.444. The third kappa shape index (κ3) is 1.81. The topological polar surface area (TPSA) is 72.2 Å². The maximum atomic E-state index is 11.4. The Morgan fingerprint density at radius 3 is 2.43 bits per heavy atom. The molecule has 0 aliphatic carbocycles. The van der Waals surface area contributed by atoms with Crippen molar-refractivity contribution in [3.63, 3.8) is 0 Å². The molecule has 0 atom stereocenters. The molecule has 5 heteroatoms. The van der Waals surface area contributed by atoms with Gasteiger partial charge in [0.25, 0.3) is 0 Å². The lowest BCUT2D eigenvalue weighted by atomic mass is 10.1. The second kappa shape index (κ2) is 3.25. The molecule has 0 saturated carbocycles. The van der Waals surface area contributed by atoms with Crippen LogP contribution >= 0.6 is 0 Å². The van der Waals surface area contributed by atoms with Crippen molar-refractivity contribution in [1.82, 2.24) is 9.55 Å². The zero-order chi connectivity index (χ0) is 10.9. The van der Waals surface area contributed by atoms with E-state index in [2.05, 4.69) is 4.98 Å². The van der Waals surface area contributed by atoms with Crippen molar-refractivity contribution in [2.24, 2.45) is 0 Å². The second-order valence-electron chi connectivity index (χ2n) is 3.92. The standard InChI is InChI=1S/C9H12N2O3/c1-9(2,3)11-6(7(12)13)4-5-10-8(11)14/h4-5H,1-3H3,(H,12,13). The van der Waals surface area contributed by atoms with Gasteiger partial charge in [0.2, 0.25) is 0 Å². The molecule has 5 nitrogen and oxygen atoms in total. The van der Waals surface area contributed by atoms with Crippen molar-refractivity contribution in [3.05, 3.63) is 28.4 Å². The number of carboxylic acid groups (broad SMARTS) is 1. The molecule has 0 aliphatic rings. The summed E-state index contributed by atoms with van der Waals surface area (Å²) >= 11 is 0. The Kier molecular flexibility index (Phi) is 2.42. The molecule has 1 aromatic rings. The third-order valence-electron chi connectivity index (χ3n) is 1.74. The fourth-order valence-electron chi connectivity index (χ4n) is 1.22. The maximum absolute atomic E-state index is 11.4. The van der Waals surface area contributed by atoms with Gasteiger partial charge in [0, 0.05) is 11.7 Å². The predicted octanol–water partition coefficient (Wildman–Crippen LogP) is 0.696. The molecule has 0 aromatic carbocycles. The highest BCUT2D eigenvalue weighted by Crippen LogP contribution is 2.13. The molecule has 0 unspecified atom stereocenters. The Bertz CT molecular complexity index is 415. The van der Waals surface area contributed by atoms with Crippen LogP contribution in [-0.2, 0) is 5.54 Å². The van der Waals surface area contributed by atoms with Crippen molar-refractivity contribution in [2.45, 2.75) is 26.3 Å². The van der Waals surface area contributed by atoms with Gasteiger partial charge < -0.3 is 5.11 Å². The molecule has 0 radical (unpaired) electrons. The summed E-state index contributed by atoms with van der Waals surface area (Å²) < 4.78 is 1.16. The first-order chi connectivity index (χ1) is 6.34. The zero-order valence-electron chi connectivity index (χ0n) is 8.31. The van der Waals surface area contributed by atoms with E-state index in [-0.39, 0.29) is 5.69 Å². The number of carbonyl (C=O) groups is 1. The summed E-state index contributed by atoms with van der Waals surface area (Å²) in [6.45, 7) is 5.26. The summed E-state index contributed by atoms with van der Waals surface area (Å²) in [6.07, 6.45) is 1.20. The molecule has 1 aromatic heterocycles. The van der Waals surface area contributed by atoms with Crippen LogP contribution in [0.5, 0.6) is 0 Å². The molecule has 0 amide bonds. The molecule has 0 saturated heterocycles. The molecule has 14 heavy (non-hydrogen) atoms. The summed E-state index contributed by atoms with van der Waals surface area (Å²) in [7, 11) is 0. The number of rotatable bonds is 1. The summed E-state index contributed by atoms with van der Waals surface area (Å²) in [6, 6.07) is 1.31. The minimum absolute atomic E-state index is 0.0440. The highest BCUT2D eigenvalue weighted by molar-refractivity contribution is 5.85. The Balaban J connectivity index is 3.54. The van der Waals surface area contributed by atoms with Gasteiger partial charge in [-0.15, -0.1) is 0 Å². The Morgan fingerprint density at radius 2 is 2.07 bits per heavy atom. The number of aromatic nitrogens is 2. The van der Waals surface area contributed by atoms with Crippen LogP contribution in [0.3, 0.4) is 0 Å². The summed E-state index contributed by atoms with van der Waals surface area (Å²) in [5.41, 5.74) is -1.17. The van der Waals surface area contributed by atoms with E-state index < -0.39 is 17.2 Å². The predicted molar refractivity (Wildman–Crippen MR) is 50.5 cm³/mol. The van der Waals surface area contributed by atoms with Crippen molar-refractivity contribution < 1.29 is 9.90 Å². The quantitative estimate of drug-likeness (QED) is 0.717. The van der Waals surface area contributed by atoms with Crippen LogP contribution in [0.15, 0.2) is 17.1 Å². The molecule has 0 bridgehead atoms. The van der Waals surface area contributed by atoms with E-state index in [4.69, 9.17) is 5.11 Å². The average Bonchev–Trinajstić information content (AvgIpc) is 2.01. The Labute approximate surface area is 81.0 Å². The van der Waals surface area contributed by atoms with Crippen molar-refractivity contribution >= 4 is 5.97 Å². The second-order valence-corrected chi connectivity index (χ2v) is 3.92. The van der Waals surface area contributed by atoms with E-state index in [1.54, 1.807) is 20.8 Å². The van der Waals surface area contributed by atoms with Crippen molar-refractivity contribution in [2.75, 3.05) is 0 Å². The van der Waals surface area contributed by atoms with Crippen LogP contribution < -0.4 is 5.69 Å². The highest BCUT2D eigenvalue weighted by atomic mass is 16.4. The molecule has 1 N–H and O–H groups in total. The van der Waals surface area contributed by atoms with Gasteiger partial charge in [0.05, 0.1) is 0 Å². The SMILES string of the molecule is CC(C)(C)n1c(C(=O)O)ccnc1=O. The molecule has 0 spiro atoms. The molecule has 0 fully saturated rings. The van der Waals surface area contributed by atoms with Crippen LogP contribution in [0.4, 0.5) is 0 Å². The van der Waals surface area contributed by atoms with E-state index in [0.717, 1.165) is 4.57 Å². The maximum Gasteiger partial charge on any atom is 0.352 e. The van der Waals surface area contributed by atoms with Gasteiger partial charge in [0.1, 0.15) is 5.69 Å². The number of carboxylic acids is 1. The third-order valence-corrected chi connectivity index (χ3v) is 1.74. The number of hydrogen-bond donors (Lipinski definition) is 1. The summed E-state index contributed by atoms with van der Waals surface area (Å²) in [5, 5.41) is 8.87. The first-order valence-corrected chi connectivity index (χ1v) is 4.16. The molecular formula is C9H12N2O3. The molecular weight excluding hydrogens is 184 g/mol. The Morgan fingerprint density at radius 1 is 1.50 bits per heavy atom. The van der Waals surface area contributed by atoms with E-state index in [0.29, 0.717) is 0 Å². The number of hydrogen-bond acceptors (Lipinski definition) is 3. The monoisotopic (exact) mass is 196 g/mol. The van der Waals surface area contributed by atoms with Gasteiger partial charge in [-0.25, -0.2) is 14.6 Å². The van der Waals surface area contributed by atoms with E-state index >= 15 is 0 Å². The van der Waals surface area contributed by atoms with Gasteiger partial charge in [0.15, 0.2) is 0 Å². The zero-order valence-corrected chi connectivity index (χ0v) is 8.31. The van der Waals surface area contributed by atoms with E-state index in [1.807, 2.05) is 0 Å². The van der Waals surface area contributed by atoms with Gasteiger partial charge in [-0.05, 0) is 26.8 Å². The number of nitrogens with zero attached hydrogens (tertiary/aromatic N) is 2. The summed E-state index contributed by atoms with van der Waals surface area (Å²) in [4.78, 5) is 25.7. The summed E-state index contributed by atoms with van der Waals surface area (Å²) in [5.74, 6) is -1.13.